The average Bonchev–Trinajstić information content (AvgIpc) is 2.96. The molecule has 0 saturated carbocycles. The molecular formula is C15H17NO2. The van der Waals surface area contributed by atoms with Crippen molar-refractivity contribution in [1.82, 2.24) is 4.90 Å². The lowest BCUT2D eigenvalue weighted by Crippen LogP contribution is -2.32. The molecule has 2 aromatic rings. The number of rotatable bonds is 3. The summed E-state index contributed by atoms with van der Waals surface area (Å²) in [5, 5.41) is 0.996. The monoisotopic (exact) mass is 243 g/mol. The number of Topliss-reactive ketones (excluding diaryl/α,β-unsaturated/α-hetero) is 1. The minimum absolute atomic E-state index is 0.0833. The second-order valence-corrected chi connectivity index (χ2v) is 5.03. The van der Waals surface area contributed by atoms with E-state index in [1.807, 2.05) is 30.3 Å². The second kappa shape index (κ2) is 4.58. The van der Waals surface area contributed by atoms with Crippen molar-refractivity contribution in [3.8, 4) is 0 Å². The van der Waals surface area contributed by atoms with Gasteiger partial charge in [0.15, 0.2) is 5.76 Å². The zero-order chi connectivity index (χ0) is 12.5. The van der Waals surface area contributed by atoms with Crippen LogP contribution >= 0.6 is 0 Å². The Labute approximate surface area is 106 Å². The van der Waals surface area contributed by atoms with Crippen molar-refractivity contribution >= 4 is 16.8 Å². The highest BCUT2D eigenvalue weighted by Crippen LogP contribution is 2.21. The van der Waals surface area contributed by atoms with E-state index in [9.17, 15) is 4.79 Å². The summed E-state index contributed by atoms with van der Waals surface area (Å²) in [5.74, 6) is 0.565. The number of fused-ring (bicyclic) bond motifs is 1. The number of hydrogen-bond donors (Lipinski definition) is 0. The normalized spacial score (nSPS) is 20.6. The fourth-order valence-electron chi connectivity index (χ4n) is 2.61. The van der Waals surface area contributed by atoms with E-state index in [-0.39, 0.29) is 5.78 Å². The van der Waals surface area contributed by atoms with Gasteiger partial charge >= 0.3 is 0 Å². The van der Waals surface area contributed by atoms with E-state index in [2.05, 4.69) is 11.8 Å². The molecule has 1 aromatic heterocycles. The fourth-order valence-corrected chi connectivity index (χ4v) is 2.61. The number of hydrogen-bond acceptors (Lipinski definition) is 3. The predicted molar refractivity (Wildman–Crippen MR) is 70.8 cm³/mol. The molecule has 0 amide bonds. The summed E-state index contributed by atoms with van der Waals surface area (Å²) in [5.41, 5.74) is 0.787. The van der Waals surface area contributed by atoms with E-state index in [4.69, 9.17) is 4.42 Å². The molecule has 1 saturated heterocycles. The fraction of sp³-hybridized carbons (Fsp3) is 0.400. The third-order valence-electron chi connectivity index (χ3n) is 3.74. The molecule has 1 aromatic carbocycles. The van der Waals surface area contributed by atoms with Gasteiger partial charge in [0.2, 0.25) is 5.78 Å². The Hall–Kier alpha value is -1.61. The predicted octanol–water partition coefficient (Wildman–Crippen LogP) is 3.10. The highest BCUT2D eigenvalue weighted by molar-refractivity contribution is 5.98. The van der Waals surface area contributed by atoms with Crippen LogP contribution in [-0.2, 0) is 0 Å². The van der Waals surface area contributed by atoms with Gasteiger partial charge in [-0.15, -0.1) is 0 Å². The van der Waals surface area contributed by atoms with E-state index < -0.39 is 0 Å². The van der Waals surface area contributed by atoms with Crippen molar-refractivity contribution in [1.29, 1.82) is 0 Å². The van der Waals surface area contributed by atoms with Crippen LogP contribution in [0, 0.1) is 0 Å². The SMILES string of the molecule is CC1CCCN1CC(=O)c1cc2ccccc2o1. The number of carbonyl (C=O) groups excluding carboxylic acids is 1. The molecule has 0 bridgehead atoms. The molecule has 3 rings (SSSR count). The van der Waals surface area contributed by atoms with Crippen molar-refractivity contribution < 1.29 is 9.21 Å². The molecule has 1 fully saturated rings. The van der Waals surface area contributed by atoms with Crippen LogP contribution in [-0.4, -0.2) is 29.8 Å². The number of ketones is 1. The largest absolute Gasteiger partial charge is 0.453 e. The minimum atomic E-state index is 0.0833. The van der Waals surface area contributed by atoms with Crippen LogP contribution in [0.2, 0.25) is 0 Å². The Bertz CT molecular complexity index is 540. The zero-order valence-corrected chi connectivity index (χ0v) is 10.6. The molecule has 0 N–H and O–H groups in total. The topological polar surface area (TPSA) is 33.5 Å². The van der Waals surface area contributed by atoms with E-state index in [1.54, 1.807) is 0 Å². The first-order chi connectivity index (χ1) is 8.74. The summed E-state index contributed by atoms with van der Waals surface area (Å²) in [6.07, 6.45) is 2.38. The maximum absolute atomic E-state index is 12.2. The number of para-hydroxylation sites is 1. The Kier molecular flexibility index (Phi) is 2.92. The highest BCUT2D eigenvalue weighted by Gasteiger charge is 2.24. The molecule has 94 valence electrons. The van der Waals surface area contributed by atoms with Crippen molar-refractivity contribution in [3.05, 3.63) is 36.1 Å². The van der Waals surface area contributed by atoms with Crippen LogP contribution in [0.15, 0.2) is 34.7 Å². The first-order valence-corrected chi connectivity index (χ1v) is 6.50. The van der Waals surface area contributed by atoms with Crippen molar-refractivity contribution in [3.63, 3.8) is 0 Å². The Morgan fingerprint density at radius 2 is 2.28 bits per heavy atom. The summed E-state index contributed by atoms with van der Waals surface area (Å²) in [4.78, 5) is 14.4. The number of nitrogens with zero attached hydrogens (tertiary/aromatic N) is 1. The third-order valence-corrected chi connectivity index (χ3v) is 3.74. The lowest BCUT2D eigenvalue weighted by Gasteiger charge is -2.18. The molecule has 3 nitrogen and oxygen atoms in total. The Morgan fingerprint density at radius 1 is 1.44 bits per heavy atom. The summed E-state index contributed by atoms with van der Waals surface area (Å²) >= 11 is 0. The van der Waals surface area contributed by atoms with Gasteiger partial charge in [-0.3, -0.25) is 9.69 Å². The van der Waals surface area contributed by atoms with E-state index in [1.165, 1.54) is 12.8 Å². The standard InChI is InChI=1S/C15H17NO2/c1-11-5-4-8-16(11)10-13(17)15-9-12-6-2-3-7-14(12)18-15/h2-3,6-7,9,11H,4-5,8,10H2,1H3. The zero-order valence-electron chi connectivity index (χ0n) is 10.6. The lowest BCUT2D eigenvalue weighted by atomic mass is 10.2. The van der Waals surface area contributed by atoms with Crippen molar-refractivity contribution in [2.24, 2.45) is 0 Å². The third kappa shape index (κ3) is 2.06. The first kappa shape index (κ1) is 11.5. The van der Waals surface area contributed by atoms with Crippen molar-refractivity contribution in [2.45, 2.75) is 25.8 Å². The van der Waals surface area contributed by atoms with Crippen LogP contribution in [0.1, 0.15) is 30.3 Å². The van der Waals surface area contributed by atoms with Crippen LogP contribution in [0.3, 0.4) is 0 Å². The maximum Gasteiger partial charge on any atom is 0.211 e. The minimum Gasteiger partial charge on any atom is -0.453 e. The summed E-state index contributed by atoms with van der Waals surface area (Å²) < 4.78 is 5.60. The molecule has 0 aliphatic carbocycles. The van der Waals surface area contributed by atoms with E-state index in [0.29, 0.717) is 18.3 Å². The van der Waals surface area contributed by atoms with Gasteiger partial charge in [0.1, 0.15) is 5.58 Å². The molecular weight excluding hydrogens is 226 g/mol. The number of benzene rings is 1. The van der Waals surface area contributed by atoms with Gasteiger partial charge in [0, 0.05) is 11.4 Å². The molecule has 0 spiro atoms. The molecule has 1 aliphatic rings. The smallest absolute Gasteiger partial charge is 0.211 e. The molecule has 0 radical (unpaired) electrons. The van der Waals surface area contributed by atoms with Crippen LogP contribution in [0.25, 0.3) is 11.0 Å². The van der Waals surface area contributed by atoms with E-state index in [0.717, 1.165) is 17.5 Å². The molecule has 1 aliphatic heterocycles. The average molecular weight is 243 g/mol. The molecule has 3 heteroatoms. The summed E-state index contributed by atoms with van der Waals surface area (Å²) in [6.45, 7) is 3.67. The number of likely N-dealkylation sites (tertiary alicyclic amines) is 1. The number of furan rings is 1. The van der Waals surface area contributed by atoms with Crippen molar-refractivity contribution in [2.75, 3.05) is 13.1 Å². The van der Waals surface area contributed by atoms with Gasteiger partial charge in [-0.05, 0) is 38.4 Å². The van der Waals surface area contributed by atoms with Gasteiger partial charge in [0.25, 0.3) is 0 Å². The first-order valence-electron chi connectivity index (χ1n) is 6.50. The summed E-state index contributed by atoms with van der Waals surface area (Å²) in [6, 6.07) is 10.1. The van der Waals surface area contributed by atoms with Crippen LogP contribution < -0.4 is 0 Å². The van der Waals surface area contributed by atoms with Crippen LogP contribution in [0.4, 0.5) is 0 Å². The Morgan fingerprint density at radius 3 is 3.00 bits per heavy atom. The second-order valence-electron chi connectivity index (χ2n) is 5.03. The molecule has 2 heterocycles. The van der Waals surface area contributed by atoms with Crippen LogP contribution in [0.5, 0.6) is 0 Å². The van der Waals surface area contributed by atoms with Gasteiger partial charge in [-0.25, -0.2) is 0 Å². The molecule has 1 atom stereocenters. The van der Waals surface area contributed by atoms with Gasteiger partial charge in [-0.1, -0.05) is 18.2 Å². The maximum atomic E-state index is 12.2. The van der Waals surface area contributed by atoms with Gasteiger partial charge in [-0.2, -0.15) is 0 Å². The van der Waals surface area contributed by atoms with Gasteiger partial charge in [0.05, 0.1) is 6.54 Å². The molecule has 1 unspecified atom stereocenters. The van der Waals surface area contributed by atoms with Gasteiger partial charge < -0.3 is 4.42 Å². The number of carbonyl (C=O) groups is 1. The summed E-state index contributed by atoms with van der Waals surface area (Å²) in [7, 11) is 0. The van der Waals surface area contributed by atoms with E-state index >= 15 is 0 Å². The highest BCUT2D eigenvalue weighted by atomic mass is 16.3. The quantitative estimate of drug-likeness (QED) is 0.777. The molecule has 18 heavy (non-hydrogen) atoms. The lowest BCUT2D eigenvalue weighted by molar-refractivity contribution is 0.0901. The Balaban J connectivity index is 1.79.